The topological polar surface area (TPSA) is 46.7 Å². The Morgan fingerprint density at radius 1 is 0.738 bits per heavy atom. The number of nitrogens with zero attached hydrogens (tertiary/aromatic N) is 3. The van der Waals surface area contributed by atoms with Gasteiger partial charge in [-0.3, -0.25) is 9.80 Å². The molecule has 1 aliphatic heterocycles. The standard InChI is InChI=1S/C31H32F6N4O/c32-30(33,34)25-7-2-22(3-8-25)19-39-14-16-40(17-15-39)20-23-4-11-29-27(18-23)28(21-41(29)13-1-12-38)24-5-9-26(10-6-24)42-31(35,36)37/h2-11,18,21H,1,12-17,19-20,38H2. The van der Waals surface area contributed by atoms with Crippen LogP contribution in [0.25, 0.3) is 22.0 Å². The molecule has 0 atom stereocenters. The number of halogens is 6. The van der Waals surface area contributed by atoms with Crippen molar-refractivity contribution >= 4 is 10.9 Å². The number of benzene rings is 3. The van der Waals surface area contributed by atoms with Gasteiger partial charge in [-0.25, -0.2) is 0 Å². The summed E-state index contributed by atoms with van der Waals surface area (Å²) in [5.74, 6) is -0.267. The Balaban J connectivity index is 1.27. The van der Waals surface area contributed by atoms with Crippen molar-refractivity contribution in [1.29, 1.82) is 0 Å². The zero-order valence-corrected chi connectivity index (χ0v) is 22.9. The summed E-state index contributed by atoms with van der Waals surface area (Å²) in [5.41, 5.74) is 9.81. The first-order valence-corrected chi connectivity index (χ1v) is 13.8. The summed E-state index contributed by atoms with van der Waals surface area (Å²) in [6, 6.07) is 17.5. The van der Waals surface area contributed by atoms with Crippen LogP contribution in [-0.2, 0) is 25.8 Å². The molecule has 0 unspecified atom stereocenters. The van der Waals surface area contributed by atoms with E-state index >= 15 is 0 Å². The lowest BCUT2D eigenvalue weighted by molar-refractivity contribution is -0.274. The van der Waals surface area contributed by atoms with Gasteiger partial charge in [-0.05, 0) is 66.1 Å². The zero-order chi connectivity index (χ0) is 29.9. The highest BCUT2D eigenvalue weighted by molar-refractivity contribution is 5.96. The molecular formula is C31H32F6N4O. The van der Waals surface area contributed by atoms with E-state index < -0.39 is 18.1 Å². The van der Waals surface area contributed by atoms with Crippen LogP contribution in [0.3, 0.4) is 0 Å². The molecule has 0 saturated carbocycles. The van der Waals surface area contributed by atoms with E-state index in [0.717, 1.165) is 91.0 Å². The molecule has 1 fully saturated rings. The van der Waals surface area contributed by atoms with Crippen LogP contribution in [0.2, 0.25) is 0 Å². The van der Waals surface area contributed by atoms with E-state index in [9.17, 15) is 26.3 Å². The molecule has 1 aromatic heterocycles. The minimum Gasteiger partial charge on any atom is -0.406 e. The molecule has 11 heteroatoms. The second kappa shape index (κ2) is 12.4. The number of rotatable bonds is 9. The second-order valence-corrected chi connectivity index (χ2v) is 10.5. The van der Waals surface area contributed by atoms with E-state index in [1.54, 1.807) is 24.3 Å². The molecule has 0 radical (unpaired) electrons. The van der Waals surface area contributed by atoms with Gasteiger partial charge in [0, 0.05) is 68.5 Å². The fourth-order valence-electron chi connectivity index (χ4n) is 5.38. The zero-order valence-electron chi connectivity index (χ0n) is 22.9. The maximum atomic E-state index is 12.8. The molecule has 42 heavy (non-hydrogen) atoms. The van der Waals surface area contributed by atoms with E-state index in [1.807, 2.05) is 6.20 Å². The van der Waals surface area contributed by atoms with Gasteiger partial charge >= 0.3 is 12.5 Å². The highest BCUT2D eigenvalue weighted by Crippen LogP contribution is 2.34. The second-order valence-electron chi connectivity index (χ2n) is 10.5. The van der Waals surface area contributed by atoms with Crippen molar-refractivity contribution < 1.29 is 31.1 Å². The number of nitrogens with two attached hydrogens (primary N) is 1. The Morgan fingerprint density at radius 3 is 1.90 bits per heavy atom. The van der Waals surface area contributed by atoms with Gasteiger partial charge in [0.2, 0.25) is 0 Å². The van der Waals surface area contributed by atoms with Gasteiger partial charge in [0.25, 0.3) is 0 Å². The quantitative estimate of drug-likeness (QED) is 0.216. The molecular weight excluding hydrogens is 558 g/mol. The summed E-state index contributed by atoms with van der Waals surface area (Å²) in [4.78, 5) is 4.59. The number of piperazine rings is 1. The summed E-state index contributed by atoms with van der Waals surface area (Å²) in [7, 11) is 0. The molecule has 0 spiro atoms. The third kappa shape index (κ3) is 7.45. The Morgan fingerprint density at radius 2 is 1.33 bits per heavy atom. The molecule has 5 nitrogen and oxygen atoms in total. The van der Waals surface area contributed by atoms with Gasteiger partial charge < -0.3 is 15.0 Å². The van der Waals surface area contributed by atoms with Crippen molar-refractivity contribution in [3.05, 3.63) is 89.6 Å². The number of hydrogen-bond acceptors (Lipinski definition) is 4. The van der Waals surface area contributed by atoms with Gasteiger partial charge in [-0.15, -0.1) is 13.2 Å². The normalized spacial score (nSPS) is 15.4. The smallest absolute Gasteiger partial charge is 0.406 e. The summed E-state index contributed by atoms with van der Waals surface area (Å²) < 4.78 is 82.6. The fraction of sp³-hybridized carbons (Fsp3) is 0.355. The number of aromatic nitrogens is 1. The van der Waals surface area contributed by atoms with Crippen LogP contribution in [-0.4, -0.2) is 53.5 Å². The van der Waals surface area contributed by atoms with Crippen molar-refractivity contribution in [3.8, 4) is 16.9 Å². The number of alkyl halides is 6. The molecule has 224 valence electrons. The maximum absolute atomic E-state index is 12.8. The van der Waals surface area contributed by atoms with E-state index in [2.05, 4.69) is 37.3 Å². The third-order valence-corrected chi connectivity index (χ3v) is 7.51. The molecule has 1 aliphatic rings. The van der Waals surface area contributed by atoms with Crippen LogP contribution < -0.4 is 10.5 Å². The van der Waals surface area contributed by atoms with Crippen LogP contribution in [0.4, 0.5) is 26.3 Å². The van der Waals surface area contributed by atoms with Crippen LogP contribution >= 0.6 is 0 Å². The number of hydrogen-bond donors (Lipinski definition) is 1. The van der Waals surface area contributed by atoms with Crippen molar-refractivity contribution in [2.75, 3.05) is 32.7 Å². The maximum Gasteiger partial charge on any atom is 0.573 e. The molecule has 0 aliphatic carbocycles. The van der Waals surface area contributed by atoms with Crippen molar-refractivity contribution in [1.82, 2.24) is 14.4 Å². The first kappa shape index (κ1) is 29.9. The van der Waals surface area contributed by atoms with Crippen LogP contribution in [0.15, 0.2) is 72.9 Å². The number of fused-ring (bicyclic) bond motifs is 1. The highest BCUT2D eigenvalue weighted by Gasteiger charge is 2.31. The van der Waals surface area contributed by atoms with E-state index in [-0.39, 0.29) is 5.75 Å². The van der Waals surface area contributed by atoms with Crippen LogP contribution in [0.1, 0.15) is 23.1 Å². The predicted molar refractivity (Wildman–Crippen MR) is 150 cm³/mol. The lowest BCUT2D eigenvalue weighted by Gasteiger charge is -2.34. The van der Waals surface area contributed by atoms with Crippen molar-refractivity contribution in [2.45, 2.75) is 38.6 Å². The number of aryl methyl sites for hydroxylation is 1. The average Bonchev–Trinajstić information content (AvgIpc) is 3.30. The molecule has 3 aromatic carbocycles. The van der Waals surface area contributed by atoms with Crippen LogP contribution in [0.5, 0.6) is 5.75 Å². The molecule has 2 N–H and O–H groups in total. The largest absolute Gasteiger partial charge is 0.573 e. The lowest BCUT2D eigenvalue weighted by atomic mass is 10.0. The van der Waals surface area contributed by atoms with Crippen molar-refractivity contribution in [2.24, 2.45) is 5.73 Å². The minimum absolute atomic E-state index is 0.267. The summed E-state index contributed by atoms with van der Waals surface area (Å²) in [6.07, 6.45) is -6.27. The molecule has 5 rings (SSSR count). The Kier molecular flexibility index (Phi) is 8.81. The average molecular weight is 591 g/mol. The fourth-order valence-corrected chi connectivity index (χ4v) is 5.38. The molecule has 0 bridgehead atoms. The molecule has 1 saturated heterocycles. The van der Waals surface area contributed by atoms with Gasteiger partial charge in [0.15, 0.2) is 0 Å². The van der Waals surface area contributed by atoms with Gasteiger partial charge in [0.05, 0.1) is 5.56 Å². The van der Waals surface area contributed by atoms with Crippen LogP contribution in [0, 0.1) is 0 Å². The molecule has 0 amide bonds. The summed E-state index contributed by atoms with van der Waals surface area (Å²) in [6.45, 7) is 5.85. The first-order chi connectivity index (χ1) is 20.0. The lowest BCUT2D eigenvalue weighted by Crippen LogP contribution is -2.45. The SMILES string of the molecule is NCCCn1cc(-c2ccc(OC(F)(F)F)cc2)c2cc(CN3CCN(Cc4ccc(C(F)(F)F)cc4)CC3)ccc21. The van der Waals surface area contributed by atoms with E-state index in [1.165, 1.54) is 12.1 Å². The Bertz CT molecular complexity index is 1470. The molecule has 2 heterocycles. The number of ether oxygens (including phenoxy) is 1. The first-order valence-electron chi connectivity index (χ1n) is 13.8. The highest BCUT2D eigenvalue weighted by atomic mass is 19.4. The third-order valence-electron chi connectivity index (χ3n) is 7.51. The van der Waals surface area contributed by atoms with Gasteiger partial charge in [0.1, 0.15) is 5.75 Å². The summed E-state index contributed by atoms with van der Waals surface area (Å²) >= 11 is 0. The monoisotopic (exact) mass is 590 g/mol. The van der Waals surface area contributed by atoms with E-state index in [4.69, 9.17) is 5.73 Å². The molecule has 4 aromatic rings. The van der Waals surface area contributed by atoms with Crippen molar-refractivity contribution in [3.63, 3.8) is 0 Å². The van der Waals surface area contributed by atoms with Gasteiger partial charge in [-0.1, -0.05) is 30.3 Å². The Hall–Kier alpha value is -3.54. The summed E-state index contributed by atoms with van der Waals surface area (Å²) in [5, 5.41) is 1.01. The van der Waals surface area contributed by atoms with Gasteiger partial charge in [-0.2, -0.15) is 13.2 Å². The van der Waals surface area contributed by atoms with E-state index in [0.29, 0.717) is 13.1 Å². The Labute approximate surface area is 240 Å². The minimum atomic E-state index is -4.75. The predicted octanol–water partition coefficient (Wildman–Crippen LogP) is 6.89.